The summed E-state index contributed by atoms with van der Waals surface area (Å²) in [6.07, 6.45) is 0.242. The molecule has 1 amide bonds. The highest BCUT2D eigenvalue weighted by Crippen LogP contribution is 2.10. The quantitative estimate of drug-likeness (QED) is 0.102. The van der Waals surface area contributed by atoms with Gasteiger partial charge in [-0.3, -0.25) is 29.0 Å². The first kappa shape index (κ1) is 33.1. The van der Waals surface area contributed by atoms with Crippen molar-refractivity contribution in [1.82, 2.24) is 25.5 Å². The van der Waals surface area contributed by atoms with Gasteiger partial charge < -0.3 is 34.6 Å². The molecule has 0 aromatic rings. The highest BCUT2D eigenvalue weighted by molar-refractivity contribution is 5.78. The van der Waals surface area contributed by atoms with Crippen LogP contribution in [0.25, 0.3) is 0 Å². The number of carbonyl (C=O) groups excluding carboxylic acids is 1. The average molecular weight is 536 g/mol. The number of hydrogen-bond acceptors (Lipinski definition) is 11. The molecule has 1 fully saturated rings. The Bertz CT molecular complexity index is 644. The topological polar surface area (TPSA) is 162 Å². The predicted molar refractivity (Wildman–Crippen MR) is 134 cm³/mol. The fourth-order valence-corrected chi connectivity index (χ4v) is 3.70. The van der Waals surface area contributed by atoms with Crippen LogP contribution in [-0.2, 0) is 33.4 Å². The molecule has 4 N–H and O–H groups in total. The third kappa shape index (κ3) is 17.3. The SMILES string of the molecule is CNOCCOCCOCCOCCNC(=O)CCC(C(=O)O)N1CCN(C)CCN(CC(=O)O)CC1. The molecule has 1 rings (SSSR count). The molecule has 0 spiro atoms. The molecule has 1 aliphatic heterocycles. The van der Waals surface area contributed by atoms with Crippen molar-refractivity contribution in [2.45, 2.75) is 18.9 Å². The fourth-order valence-electron chi connectivity index (χ4n) is 3.70. The zero-order chi connectivity index (χ0) is 27.3. The van der Waals surface area contributed by atoms with Gasteiger partial charge in [-0.2, -0.15) is 0 Å². The summed E-state index contributed by atoms with van der Waals surface area (Å²) in [5, 5.41) is 21.7. The van der Waals surface area contributed by atoms with Crippen LogP contribution in [0.4, 0.5) is 0 Å². The minimum absolute atomic E-state index is 0.0740. The Morgan fingerprint density at radius 1 is 0.838 bits per heavy atom. The van der Waals surface area contributed by atoms with E-state index < -0.39 is 18.0 Å². The number of aliphatic carboxylic acids is 2. The number of hydroxylamine groups is 1. The highest BCUT2D eigenvalue weighted by atomic mass is 16.7. The molecule has 14 nitrogen and oxygen atoms in total. The fraction of sp³-hybridized carbons (Fsp3) is 0.870. The van der Waals surface area contributed by atoms with E-state index in [9.17, 15) is 19.5 Å². The molecule has 0 bridgehead atoms. The second-order valence-electron chi connectivity index (χ2n) is 8.64. The summed E-state index contributed by atoms with van der Waals surface area (Å²) >= 11 is 0. The van der Waals surface area contributed by atoms with Crippen molar-refractivity contribution in [2.75, 3.05) is 113 Å². The Morgan fingerprint density at radius 3 is 2.03 bits per heavy atom. The van der Waals surface area contributed by atoms with Gasteiger partial charge in [0.25, 0.3) is 0 Å². The van der Waals surface area contributed by atoms with Gasteiger partial charge in [0.1, 0.15) is 6.04 Å². The standard InChI is InChI=1S/C23H45N5O9/c1-24-37-18-17-36-16-15-35-14-13-34-12-5-25-21(29)4-3-20(23(32)33)28-10-7-26(2)6-8-27(9-11-28)19-22(30)31/h20,24H,3-19H2,1-2H3,(H,25,29)(H,30,31)(H,32,33). The average Bonchev–Trinajstić information content (AvgIpc) is 2.93. The Kier molecular flexibility index (Phi) is 18.9. The van der Waals surface area contributed by atoms with Gasteiger partial charge in [-0.15, -0.1) is 0 Å². The molecule has 14 heteroatoms. The van der Waals surface area contributed by atoms with E-state index in [1.54, 1.807) is 7.05 Å². The van der Waals surface area contributed by atoms with Crippen molar-refractivity contribution in [3.05, 3.63) is 0 Å². The van der Waals surface area contributed by atoms with E-state index in [-0.39, 0.29) is 25.3 Å². The maximum atomic E-state index is 12.2. The van der Waals surface area contributed by atoms with Crippen LogP contribution in [0.1, 0.15) is 12.8 Å². The number of nitrogens with zero attached hydrogens (tertiary/aromatic N) is 3. The van der Waals surface area contributed by atoms with Gasteiger partial charge in [0.15, 0.2) is 0 Å². The molecule has 0 radical (unpaired) electrons. The maximum Gasteiger partial charge on any atom is 0.320 e. The zero-order valence-electron chi connectivity index (χ0n) is 22.2. The summed E-state index contributed by atoms with van der Waals surface area (Å²) in [5.74, 6) is -2.13. The largest absolute Gasteiger partial charge is 0.480 e. The number of amides is 1. The van der Waals surface area contributed by atoms with Crippen LogP contribution in [0.15, 0.2) is 0 Å². The van der Waals surface area contributed by atoms with Gasteiger partial charge in [0, 0.05) is 59.3 Å². The van der Waals surface area contributed by atoms with E-state index in [2.05, 4.69) is 15.7 Å². The first-order chi connectivity index (χ1) is 17.8. The number of rotatable bonds is 20. The van der Waals surface area contributed by atoms with Crippen molar-refractivity contribution >= 4 is 17.8 Å². The van der Waals surface area contributed by atoms with Crippen molar-refractivity contribution in [2.24, 2.45) is 0 Å². The van der Waals surface area contributed by atoms with Crippen molar-refractivity contribution in [1.29, 1.82) is 0 Å². The van der Waals surface area contributed by atoms with Crippen LogP contribution >= 0.6 is 0 Å². The molecule has 1 unspecified atom stereocenters. The monoisotopic (exact) mass is 535 g/mol. The van der Waals surface area contributed by atoms with Gasteiger partial charge in [-0.1, -0.05) is 0 Å². The lowest BCUT2D eigenvalue weighted by Gasteiger charge is -2.30. The summed E-state index contributed by atoms with van der Waals surface area (Å²) in [6, 6.07) is -0.822. The summed E-state index contributed by atoms with van der Waals surface area (Å²) in [7, 11) is 3.61. The number of carboxylic acids is 2. The van der Waals surface area contributed by atoms with E-state index in [1.807, 2.05) is 16.8 Å². The smallest absolute Gasteiger partial charge is 0.320 e. The molecule has 0 saturated carbocycles. The summed E-state index contributed by atoms with van der Waals surface area (Å²) in [4.78, 5) is 46.0. The third-order valence-electron chi connectivity index (χ3n) is 5.79. The minimum atomic E-state index is -0.987. The lowest BCUT2D eigenvalue weighted by Crippen LogP contribution is -2.47. The van der Waals surface area contributed by atoms with E-state index >= 15 is 0 Å². The highest BCUT2D eigenvalue weighted by Gasteiger charge is 2.28. The second-order valence-corrected chi connectivity index (χ2v) is 8.64. The number of nitrogens with one attached hydrogen (secondary N) is 2. The van der Waals surface area contributed by atoms with Gasteiger partial charge >= 0.3 is 11.9 Å². The van der Waals surface area contributed by atoms with Crippen LogP contribution in [0.5, 0.6) is 0 Å². The summed E-state index contributed by atoms with van der Waals surface area (Å²) < 4.78 is 16.1. The van der Waals surface area contributed by atoms with Crippen LogP contribution < -0.4 is 10.8 Å². The van der Waals surface area contributed by atoms with Gasteiger partial charge in [0.05, 0.1) is 52.8 Å². The molecule has 0 aromatic heterocycles. The van der Waals surface area contributed by atoms with Crippen LogP contribution in [-0.4, -0.2) is 162 Å². The molecule has 1 atom stereocenters. The summed E-state index contributed by atoms with van der Waals surface area (Å²) in [5.41, 5.74) is 2.56. The normalized spacial score (nSPS) is 17.0. The number of likely N-dealkylation sites (N-methyl/N-ethyl adjacent to an activating group) is 1. The lowest BCUT2D eigenvalue weighted by molar-refractivity contribution is -0.144. The first-order valence-electron chi connectivity index (χ1n) is 12.7. The maximum absolute atomic E-state index is 12.2. The molecule has 0 aromatic carbocycles. The Hall–Kier alpha value is -1.91. The zero-order valence-corrected chi connectivity index (χ0v) is 22.2. The molecule has 1 heterocycles. The van der Waals surface area contributed by atoms with E-state index in [1.165, 1.54) is 0 Å². The van der Waals surface area contributed by atoms with Crippen LogP contribution in [0.2, 0.25) is 0 Å². The van der Waals surface area contributed by atoms with E-state index in [0.717, 1.165) is 0 Å². The number of carbonyl (C=O) groups is 3. The number of carboxylic acid groups (broad SMARTS) is 2. The molecule has 1 aliphatic rings. The molecule has 0 aliphatic carbocycles. The van der Waals surface area contributed by atoms with Crippen LogP contribution in [0, 0.1) is 0 Å². The van der Waals surface area contributed by atoms with Crippen molar-refractivity contribution in [3.63, 3.8) is 0 Å². The molecule has 37 heavy (non-hydrogen) atoms. The van der Waals surface area contributed by atoms with Gasteiger partial charge in [-0.05, 0) is 13.5 Å². The van der Waals surface area contributed by atoms with Gasteiger partial charge in [0.2, 0.25) is 5.91 Å². The molecule has 216 valence electrons. The minimum Gasteiger partial charge on any atom is -0.480 e. The van der Waals surface area contributed by atoms with Gasteiger partial charge in [-0.25, -0.2) is 5.48 Å². The Morgan fingerprint density at radius 2 is 1.41 bits per heavy atom. The molecular weight excluding hydrogens is 490 g/mol. The molecule has 1 saturated heterocycles. The second kappa shape index (κ2) is 21.1. The first-order valence-corrected chi connectivity index (χ1v) is 12.7. The Balaban J connectivity index is 2.25. The third-order valence-corrected chi connectivity index (χ3v) is 5.79. The number of ether oxygens (including phenoxy) is 3. The van der Waals surface area contributed by atoms with Crippen LogP contribution in [0.3, 0.4) is 0 Å². The van der Waals surface area contributed by atoms with Crippen molar-refractivity contribution < 1.29 is 43.6 Å². The molecular formula is C23H45N5O9. The van der Waals surface area contributed by atoms with Crippen molar-refractivity contribution in [3.8, 4) is 0 Å². The summed E-state index contributed by atoms with van der Waals surface area (Å²) in [6.45, 7) is 6.62. The Labute approximate surface area is 219 Å². The predicted octanol–water partition coefficient (Wildman–Crippen LogP) is -1.83. The number of hydrogen-bond donors (Lipinski definition) is 4. The van der Waals surface area contributed by atoms with E-state index in [0.29, 0.717) is 92.1 Å². The van der Waals surface area contributed by atoms with E-state index in [4.69, 9.17) is 24.2 Å². The lowest BCUT2D eigenvalue weighted by atomic mass is 10.1.